The first kappa shape index (κ1) is 19.4. The molecule has 8 heteroatoms. The molecule has 5 rings (SSSR count). The Morgan fingerprint density at radius 2 is 2.10 bits per heavy atom. The van der Waals surface area contributed by atoms with Gasteiger partial charge in [0, 0.05) is 22.1 Å². The van der Waals surface area contributed by atoms with E-state index < -0.39 is 11.6 Å². The largest absolute Gasteiger partial charge is 0.458 e. The topological polar surface area (TPSA) is 103 Å². The molecule has 0 radical (unpaired) electrons. The van der Waals surface area contributed by atoms with E-state index in [9.17, 15) is 14.7 Å². The number of rotatable bonds is 4. The van der Waals surface area contributed by atoms with Crippen LogP contribution >= 0.6 is 0 Å². The number of pyridine rings is 2. The van der Waals surface area contributed by atoms with Crippen LogP contribution in [0.5, 0.6) is 0 Å². The van der Waals surface area contributed by atoms with Crippen LogP contribution in [0.2, 0.25) is 0 Å². The molecule has 1 aromatic carbocycles. The summed E-state index contributed by atoms with van der Waals surface area (Å²) >= 11 is 0. The summed E-state index contributed by atoms with van der Waals surface area (Å²) in [4.78, 5) is 35.6. The average molecular weight is 419 g/mol. The third-order valence-electron chi connectivity index (χ3n) is 6.02. The first-order chi connectivity index (χ1) is 15.0. The van der Waals surface area contributed by atoms with Crippen LogP contribution in [0.25, 0.3) is 22.3 Å². The Morgan fingerprint density at radius 1 is 1.29 bits per heavy atom. The van der Waals surface area contributed by atoms with E-state index >= 15 is 0 Å². The number of aliphatic hydroxyl groups is 1. The summed E-state index contributed by atoms with van der Waals surface area (Å²) in [7, 11) is 0. The lowest BCUT2D eigenvalue weighted by Gasteiger charge is -2.31. The third-order valence-corrected chi connectivity index (χ3v) is 6.02. The number of carbonyl (C=O) groups excluding carboxylic acids is 1. The lowest BCUT2D eigenvalue weighted by Crippen LogP contribution is -2.44. The maximum absolute atomic E-state index is 13.3. The van der Waals surface area contributed by atoms with Crippen molar-refractivity contribution in [3.8, 4) is 11.4 Å². The van der Waals surface area contributed by atoms with Crippen molar-refractivity contribution in [3.63, 3.8) is 0 Å². The fourth-order valence-electron chi connectivity index (χ4n) is 4.37. The second-order valence-corrected chi connectivity index (χ2v) is 7.63. The van der Waals surface area contributed by atoms with Crippen LogP contribution in [0.4, 0.5) is 0 Å². The van der Waals surface area contributed by atoms with E-state index in [1.807, 2.05) is 31.2 Å². The maximum Gasteiger partial charge on any atom is 0.343 e. The monoisotopic (exact) mass is 419 g/mol. The van der Waals surface area contributed by atoms with Crippen molar-refractivity contribution in [2.75, 3.05) is 6.61 Å². The van der Waals surface area contributed by atoms with Crippen LogP contribution in [0.15, 0.2) is 40.3 Å². The molecule has 0 spiro atoms. The zero-order valence-electron chi connectivity index (χ0n) is 17.2. The normalized spacial score (nSPS) is 19.3. The summed E-state index contributed by atoms with van der Waals surface area (Å²) < 4.78 is 6.74. The molecule has 0 saturated heterocycles. The number of nitrogens with zero attached hydrogens (tertiary/aromatic N) is 3. The highest BCUT2D eigenvalue weighted by Gasteiger charge is 2.45. The summed E-state index contributed by atoms with van der Waals surface area (Å²) in [6, 6.07) is 9.37. The molecule has 3 aromatic rings. The van der Waals surface area contributed by atoms with Crippen molar-refractivity contribution >= 4 is 23.1 Å². The molecular weight excluding hydrogens is 398 g/mol. The van der Waals surface area contributed by atoms with Crippen LogP contribution in [-0.2, 0) is 33.1 Å². The molecule has 4 heterocycles. The van der Waals surface area contributed by atoms with Crippen LogP contribution in [0, 0.1) is 0 Å². The molecule has 2 aliphatic heterocycles. The van der Waals surface area contributed by atoms with Gasteiger partial charge in [-0.25, -0.2) is 9.78 Å². The zero-order chi connectivity index (χ0) is 21.8. The number of ether oxygens (including phenoxy) is 1. The van der Waals surface area contributed by atoms with E-state index in [4.69, 9.17) is 14.6 Å². The zero-order valence-corrected chi connectivity index (χ0v) is 17.2. The standard InChI is InChI=1S/C23H21N3O5/c1-3-23(29)17-9-19-20-15(11-26(19)21(27)16(17)12-30-22(23)28)14(10-24-31-4-2)13-7-5-6-8-18(13)25-20/h5-10,29H,3-4,11-12H2,1-2H3/t23-/m0/s1. The van der Waals surface area contributed by atoms with Crippen LogP contribution < -0.4 is 5.56 Å². The summed E-state index contributed by atoms with van der Waals surface area (Å²) in [6.45, 7) is 4.13. The second kappa shape index (κ2) is 7.02. The number of benzene rings is 1. The molecule has 8 nitrogen and oxygen atoms in total. The number of fused-ring (bicyclic) bond motifs is 5. The lowest BCUT2D eigenvalue weighted by atomic mass is 9.86. The minimum Gasteiger partial charge on any atom is -0.458 e. The Balaban J connectivity index is 1.80. The maximum atomic E-state index is 13.3. The van der Waals surface area contributed by atoms with Gasteiger partial charge in [-0.05, 0) is 25.5 Å². The number of esters is 1. The quantitative estimate of drug-likeness (QED) is 0.310. The van der Waals surface area contributed by atoms with Gasteiger partial charge in [0.1, 0.15) is 13.2 Å². The Kier molecular flexibility index (Phi) is 4.40. The fourth-order valence-corrected chi connectivity index (χ4v) is 4.37. The van der Waals surface area contributed by atoms with Crippen molar-refractivity contribution < 1.29 is 19.5 Å². The average Bonchev–Trinajstić information content (AvgIpc) is 3.15. The van der Waals surface area contributed by atoms with E-state index in [1.54, 1.807) is 23.8 Å². The molecule has 0 amide bonds. The molecule has 1 N–H and O–H groups in total. The van der Waals surface area contributed by atoms with Crippen molar-refractivity contribution in [1.29, 1.82) is 0 Å². The van der Waals surface area contributed by atoms with E-state index in [0.717, 1.165) is 22.0 Å². The second-order valence-electron chi connectivity index (χ2n) is 7.63. The fraction of sp³-hybridized carbons (Fsp3) is 0.304. The molecule has 31 heavy (non-hydrogen) atoms. The molecule has 0 bridgehead atoms. The van der Waals surface area contributed by atoms with Gasteiger partial charge in [-0.2, -0.15) is 0 Å². The van der Waals surface area contributed by atoms with Gasteiger partial charge < -0.3 is 19.2 Å². The van der Waals surface area contributed by atoms with Gasteiger partial charge in [0.15, 0.2) is 5.60 Å². The highest BCUT2D eigenvalue weighted by Crippen LogP contribution is 2.39. The predicted octanol–water partition coefficient (Wildman–Crippen LogP) is 2.45. The first-order valence-electron chi connectivity index (χ1n) is 10.2. The summed E-state index contributed by atoms with van der Waals surface area (Å²) in [5.74, 6) is -0.735. The minimum atomic E-state index is -1.85. The van der Waals surface area contributed by atoms with Crippen molar-refractivity contribution in [3.05, 3.63) is 62.9 Å². The van der Waals surface area contributed by atoms with E-state index in [0.29, 0.717) is 35.7 Å². The van der Waals surface area contributed by atoms with Gasteiger partial charge in [0.2, 0.25) is 0 Å². The van der Waals surface area contributed by atoms with E-state index in [2.05, 4.69) is 5.16 Å². The van der Waals surface area contributed by atoms with Gasteiger partial charge in [-0.3, -0.25) is 4.79 Å². The van der Waals surface area contributed by atoms with Crippen LogP contribution in [0.3, 0.4) is 0 Å². The third kappa shape index (κ3) is 2.71. The number of hydrogen-bond acceptors (Lipinski definition) is 7. The number of cyclic esters (lactones) is 1. The molecule has 0 unspecified atom stereocenters. The molecule has 0 aliphatic carbocycles. The van der Waals surface area contributed by atoms with Gasteiger partial charge in [-0.1, -0.05) is 30.3 Å². The highest BCUT2D eigenvalue weighted by molar-refractivity contribution is 6.02. The summed E-state index contributed by atoms with van der Waals surface area (Å²) in [5, 5.41) is 15.9. The molecule has 2 aromatic heterocycles. The van der Waals surface area contributed by atoms with Gasteiger partial charge in [0.05, 0.1) is 35.2 Å². The van der Waals surface area contributed by atoms with Gasteiger partial charge in [-0.15, -0.1) is 0 Å². The first-order valence-corrected chi connectivity index (χ1v) is 10.2. The highest BCUT2D eigenvalue weighted by atomic mass is 16.6. The Bertz CT molecular complexity index is 1330. The van der Waals surface area contributed by atoms with E-state index in [-0.39, 0.29) is 18.6 Å². The molecular formula is C23H21N3O5. The molecule has 0 fully saturated rings. The molecule has 1 atom stereocenters. The van der Waals surface area contributed by atoms with Crippen molar-refractivity contribution in [1.82, 2.24) is 9.55 Å². The summed E-state index contributed by atoms with van der Waals surface area (Å²) in [5.41, 5.74) is 2.09. The van der Waals surface area contributed by atoms with Crippen molar-refractivity contribution in [2.24, 2.45) is 5.16 Å². The Hall–Kier alpha value is -3.52. The van der Waals surface area contributed by atoms with Crippen LogP contribution in [0.1, 0.15) is 42.5 Å². The number of para-hydroxylation sites is 1. The van der Waals surface area contributed by atoms with Crippen LogP contribution in [-0.4, -0.2) is 33.4 Å². The minimum absolute atomic E-state index is 0.103. The molecule has 2 aliphatic rings. The Labute approximate surface area is 177 Å². The number of aromatic nitrogens is 2. The predicted molar refractivity (Wildman–Crippen MR) is 114 cm³/mol. The number of hydrogen-bond donors (Lipinski definition) is 1. The SMILES string of the molecule is CCON=Cc1c2c(nc3ccccc13)-c1cc3c(c(=O)n1C2)COC(=O)[C@]3(O)CC. The Morgan fingerprint density at radius 3 is 2.87 bits per heavy atom. The smallest absolute Gasteiger partial charge is 0.343 e. The van der Waals surface area contributed by atoms with E-state index in [1.165, 1.54) is 0 Å². The molecule has 0 saturated carbocycles. The number of oxime groups is 1. The van der Waals surface area contributed by atoms with Crippen molar-refractivity contribution in [2.45, 2.75) is 39.0 Å². The van der Waals surface area contributed by atoms with Gasteiger partial charge in [0.25, 0.3) is 5.56 Å². The number of carbonyl (C=O) groups is 1. The van der Waals surface area contributed by atoms with Gasteiger partial charge >= 0.3 is 5.97 Å². The summed E-state index contributed by atoms with van der Waals surface area (Å²) in [6.07, 6.45) is 1.75. The molecule has 158 valence electrons. The lowest BCUT2D eigenvalue weighted by molar-refractivity contribution is -0.172.